The first-order chi connectivity index (χ1) is 7.76. The van der Waals surface area contributed by atoms with Crippen molar-refractivity contribution in [2.24, 2.45) is 0 Å². The highest BCUT2D eigenvalue weighted by Gasteiger charge is 2.03. The highest BCUT2D eigenvalue weighted by atomic mass is 32.2. The zero-order valence-electron chi connectivity index (χ0n) is 9.39. The van der Waals surface area contributed by atoms with E-state index in [1.807, 2.05) is 25.1 Å². The number of aliphatic hydroxyl groups excluding tert-OH is 2. The minimum atomic E-state index is -0.637. The van der Waals surface area contributed by atoms with Crippen molar-refractivity contribution in [1.29, 1.82) is 0 Å². The van der Waals surface area contributed by atoms with Crippen molar-refractivity contribution in [3.63, 3.8) is 0 Å². The Bertz CT molecular complexity index is 310. The Kier molecular flexibility index (Phi) is 6.22. The van der Waals surface area contributed by atoms with E-state index in [0.29, 0.717) is 5.75 Å². The van der Waals surface area contributed by atoms with Crippen LogP contribution in [0.25, 0.3) is 0 Å². The van der Waals surface area contributed by atoms with Crippen LogP contribution < -0.4 is 5.32 Å². The van der Waals surface area contributed by atoms with E-state index in [4.69, 9.17) is 5.11 Å². The van der Waals surface area contributed by atoms with E-state index >= 15 is 0 Å². The first-order valence-electron chi connectivity index (χ1n) is 5.32. The zero-order chi connectivity index (χ0) is 11.8. The first kappa shape index (κ1) is 13.3. The van der Waals surface area contributed by atoms with Gasteiger partial charge in [-0.25, -0.2) is 4.98 Å². The summed E-state index contributed by atoms with van der Waals surface area (Å²) in [6.07, 6.45) is -0.637. The standard InChI is InChI=1S/C11H18N2O2S/c1-2-12-11-5-3-4-9(13-11)7-16-8-10(15)6-14/h3-5,10,14-15H,2,6-8H2,1H3,(H,12,13). The number of thioether (sulfide) groups is 1. The smallest absolute Gasteiger partial charge is 0.126 e. The maximum Gasteiger partial charge on any atom is 0.126 e. The maximum absolute atomic E-state index is 9.17. The lowest BCUT2D eigenvalue weighted by Crippen LogP contribution is -2.14. The number of hydrogen-bond acceptors (Lipinski definition) is 5. The van der Waals surface area contributed by atoms with Gasteiger partial charge in [-0.2, -0.15) is 11.8 Å². The topological polar surface area (TPSA) is 65.4 Å². The van der Waals surface area contributed by atoms with Gasteiger partial charge in [0.25, 0.3) is 0 Å². The van der Waals surface area contributed by atoms with Crippen molar-refractivity contribution >= 4 is 17.6 Å². The van der Waals surface area contributed by atoms with Crippen LogP contribution in [0.2, 0.25) is 0 Å². The van der Waals surface area contributed by atoms with Gasteiger partial charge in [-0.3, -0.25) is 0 Å². The monoisotopic (exact) mass is 242 g/mol. The van der Waals surface area contributed by atoms with Gasteiger partial charge in [0.1, 0.15) is 5.82 Å². The Hall–Kier alpha value is -0.780. The Morgan fingerprint density at radius 1 is 1.50 bits per heavy atom. The quantitative estimate of drug-likeness (QED) is 0.668. The zero-order valence-corrected chi connectivity index (χ0v) is 10.2. The van der Waals surface area contributed by atoms with Gasteiger partial charge >= 0.3 is 0 Å². The van der Waals surface area contributed by atoms with Gasteiger partial charge in [-0.05, 0) is 19.1 Å². The van der Waals surface area contributed by atoms with Crippen LogP contribution in [0, 0.1) is 0 Å². The van der Waals surface area contributed by atoms with Crippen molar-refractivity contribution < 1.29 is 10.2 Å². The number of aliphatic hydroxyl groups is 2. The Morgan fingerprint density at radius 3 is 3.00 bits per heavy atom. The lowest BCUT2D eigenvalue weighted by molar-refractivity contribution is 0.113. The van der Waals surface area contributed by atoms with Gasteiger partial charge in [0, 0.05) is 18.1 Å². The summed E-state index contributed by atoms with van der Waals surface area (Å²) in [4.78, 5) is 4.41. The number of nitrogens with zero attached hydrogens (tertiary/aromatic N) is 1. The normalized spacial score (nSPS) is 12.4. The number of pyridine rings is 1. The second-order valence-corrected chi connectivity index (χ2v) is 4.43. The van der Waals surface area contributed by atoms with Gasteiger partial charge in [-0.15, -0.1) is 0 Å². The molecule has 0 aliphatic carbocycles. The number of anilines is 1. The van der Waals surface area contributed by atoms with Crippen LogP contribution in [0.1, 0.15) is 12.6 Å². The molecule has 1 atom stereocenters. The molecule has 0 amide bonds. The van der Waals surface area contributed by atoms with Crippen LogP contribution in [0.4, 0.5) is 5.82 Å². The van der Waals surface area contributed by atoms with E-state index in [1.165, 1.54) is 0 Å². The molecule has 0 fully saturated rings. The Morgan fingerprint density at radius 2 is 2.31 bits per heavy atom. The molecular weight excluding hydrogens is 224 g/mol. The molecule has 16 heavy (non-hydrogen) atoms. The molecule has 90 valence electrons. The van der Waals surface area contributed by atoms with Gasteiger partial charge in [0.15, 0.2) is 0 Å². The predicted octanol–water partition coefficient (Wildman–Crippen LogP) is 1.10. The summed E-state index contributed by atoms with van der Waals surface area (Å²) in [6, 6.07) is 5.85. The van der Waals surface area contributed by atoms with Crippen molar-refractivity contribution in [3.8, 4) is 0 Å². The molecule has 1 aromatic rings. The first-order valence-corrected chi connectivity index (χ1v) is 6.48. The molecule has 1 unspecified atom stereocenters. The third-order valence-corrected chi connectivity index (χ3v) is 3.06. The van der Waals surface area contributed by atoms with Crippen molar-refractivity contribution in [2.45, 2.75) is 18.8 Å². The third kappa shape index (κ3) is 4.83. The number of nitrogens with one attached hydrogen (secondary N) is 1. The molecule has 0 bridgehead atoms. The molecule has 0 aromatic carbocycles. The molecule has 0 aliphatic heterocycles. The van der Waals surface area contributed by atoms with E-state index in [9.17, 15) is 5.11 Å². The average molecular weight is 242 g/mol. The minimum Gasteiger partial charge on any atom is -0.394 e. The van der Waals surface area contributed by atoms with Crippen molar-refractivity contribution in [1.82, 2.24) is 4.98 Å². The Labute approximate surface area is 100 Å². The van der Waals surface area contributed by atoms with E-state index in [1.54, 1.807) is 11.8 Å². The summed E-state index contributed by atoms with van der Waals surface area (Å²) < 4.78 is 0. The summed E-state index contributed by atoms with van der Waals surface area (Å²) in [6.45, 7) is 2.70. The SMILES string of the molecule is CCNc1cccc(CSCC(O)CO)n1. The summed E-state index contributed by atoms with van der Waals surface area (Å²) in [7, 11) is 0. The molecule has 1 aromatic heterocycles. The molecule has 3 N–H and O–H groups in total. The van der Waals surface area contributed by atoms with Gasteiger partial charge < -0.3 is 15.5 Å². The molecule has 0 radical (unpaired) electrons. The van der Waals surface area contributed by atoms with Crippen LogP contribution in [-0.2, 0) is 5.75 Å². The maximum atomic E-state index is 9.17. The van der Waals surface area contributed by atoms with Crippen LogP contribution in [0.5, 0.6) is 0 Å². The fourth-order valence-corrected chi connectivity index (χ4v) is 2.06. The molecule has 0 saturated heterocycles. The van der Waals surface area contributed by atoms with Crippen LogP contribution in [0.15, 0.2) is 18.2 Å². The predicted molar refractivity (Wildman–Crippen MR) is 67.7 cm³/mol. The highest BCUT2D eigenvalue weighted by Crippen LogP contribution is 2.13. The molecule has 0 spiro atoms. The summed E-state index contributed by atoms with van der Waals surface area (Å²) in [5.41, 5.74) is 0.980. The third-order valence-electron chi connectivity index (χ3n) is 1.94. The van der Waals surface area contributed by atoms with E-state index in [-0.39, 0.29) is 6.61 Å². The van der Waals surface area contributed by atoms with Crippen molar-refractivity contribution in [3.05, 3.63) is 23.9 Å². The Balaban J connectivity index is 2.38. The molecule has 1 heterocycles. The molecule has 0 aliphatic rings. The fraction of sp³-hybridized carbons (Fsp3) is 0.545. The largest absolute Gasteiger partial charge is 0.394 e. The summed E-state index contributed by atoms with van der Waals surface area (Å²) in [5.74, 6) is 2.16. The minimum absolute atomic E-state index is 0.183. The second kappa shape index (κ2) is 7.49. The summed E-state index contributed by atoms with van der Waals surface area (Å²) in [5, 5.41) is 21.0. The van der Waals surface area contributed by atoms with E-state index < -0.39 is 6.10 Å². The molecule has 5 heteroatoms. The molecule has 4 nitrogen and oxygen atoms in total. The van der Waals surface area contributed by atoms with Gasteiger partial charge in [0.05, 0.1) is 18.4 Å². The lowest BCUT2D eigenvalue weighted by atomic mass is 10.4. The lowest BCUT2D eigenvalue weighted by Gasteiger charge is -2.07. The van der Waals surface area contributed by atoms with E-state index in [2.05, 4.69) is 10.3 Å². The number of hydrogen-bond donors (Lipinski definition) is 3. The second-order valence-electron chi connectivity index (χ2n) is 3.40. The van der Waals surface area contributed by atoms with E-state index in [0.717, 1.165) is 23.8 Å². The highest BCUT2D eigenvalue weighted by molar-refractivity contribution is 7.98. The van der Waals surface area contributed by atoms with Crippen LogP contribution in [-0.4, -0.2) is 40.2 Å². The molecule has 1 rings (SSSR count). The van der Waals surface area contributed by atoms with Gasteiger partial charge in [-0.1, -0.05) is 6.07 Å². The van der Waals surface area contributed by atoms with Gasteiger partial charge in [0.2, 0.25) is 0 Å². The van der Waals surface area contributed by atoms with Crippen LogP contribution in [0.3, 0.4) is 0 Å². The fourth-order valence-electron chi connectivity index (χ4n) is 1.19. The number of aromatic nitrogens is 1. The average Bonchev–Trinajstić information content (AvgIpc) is 2.30. The number of rotatable bonds is 7. The van der Waals surface area contributed by atoms with Crippen molar-refractivity contribution in [2.75, 3.05) is 24.2 Å². The van der Waals surface area contributed by atoms with Crippen LogP contribution >= 0.6 is 11.8 Å². The molecular formula is C11H18N2O2S. The molecule has 0 saturated carbocycles. The summed E-state index contributed by atoms with van der Waals surface area (Å²) >= 11 is 1.57.